The van der Waals surface area contributed by atoms with Crippen molar-refractivity contribution >= 4 is 11.5 Å². The summed E-state index contributed by atoms with van der Waals surface area (Å²) in [5, 5.41) is 15.4. The van der Waals surface area contributed by atoms with E-state index in [1.54, 1.807) is 0 Å². The number of benzene rings is 1. The van der Waals surface area contributed by atoms with Crippen LogP contribution < -0.4 is 4.90 Å². The molecule has 0 radical (unpaired) electrons. The molecule has 0 bridgehead atoms. The van der Waals surface area contributed by atoms with Crippen LogP contribution in [0.15, 0.2) is 36.4 Å². The van der Waals surface area contributed by atoms with Gasteiger partial charge in [-0.25, -0.2) is 4.98 Å². The van der Waals surface area contributed by atoms with Gasteiger partial charge in [-0.2, -0.15) is 9.61 Å². The molecule has 27 heavy (non-hydrogen) atoms. The highest BCUT2D eigenvalue weighted by atomic mass is 16.3. The second kappa shape index (κ2) is 7.31. The molecule has 0 amide bonds. The number of aromatic nitrogens is 3. The first kappa shape index (κ1) is 18.0. The number of rotatable bonds is 4. The lowest BCUT2D eigenvalue weighted by Crippen LogP contribution is -2.39. The zero-order chi connectivity index (χ0) is 19.0. The third-order valence-electron chi connectivity index (χ3n) is 5.86. The van der Waals surface area contributed by atoms with Crippen LogP contribution in [-0.4, -0.2) is 38.9 Å². The fraction of sp³-hybridized carbons (Fsp3) is 0.455. The van der Waals surface area contributed by atoms with E-state index in [1.165, 1.54) is 5.56 Å². The summed E-state index contributed by atoms with van der Waals surface area (Å²) in [6.45, 7) is 8.04. The van der Waals surface area contributed by atoms with Gasteiger partial charge in [0.05, 0.1) is 11.8 Å². The minimum Gasteiger partial charge on any atom is -0.392 e. The molecule has 5 nitrogen and oxygen atoms in total. The van der Waals surface area contributed by atoms with Gasteiger partial charge in [0.15, 0.2) is 5.65 Å². The molecule has 1 atom stereocenters. The third-order valence-corrected chi connectivity index (χ3v) is 5.86. The van der Waals surface area contributed by atoms with Gasteiger partial charge in [-0.1, -0.05) is 30.3 Å². The molecule has 1 aromatic carbocycles. The van der Waals surface area contributed by atoms with E-state index in [0.717, 1.165) is 60.8 Å². The maximum absolute atomic E-state index is 10.7. The normalized spacial score (nSPS) is 16.8. The van der Waals surface area contributed by atoms with E-state index in [1.807, 2.05) is 36.6 Å². The Morgan fingerprint density at radius 1 is 1.11 bits per heavy atom. The molecule has 5 heteroatoms. The summed E-state index contributed by atoms with van der Waals surface area (Å²) in [4.78, 5) is 7.06. The Morgan fingerprint density at radius 2 is 1.81 bits per heavy atom. The number of aryl methyl sites for hydroxylation is 3. The number of anilines is 1. The lowest BCUT2D eigenvalue weighted by molar-refractivity contribution is 0.0928. The van der Waals surface area contributed by atoms with Crippen molar-refractivity contribution in [1.82, 2.24) is 14.6 Å². The summed E-state index contributed by atoms with van der Waals surface area (Å²) in [6, 6.07) is 12.4. The maximum Gasteiger partial charge on any atom is 0.160 e. The van der Waals surface area contributed by atoms with Crippen LogP contribution in [0.1, 0.15) is 35.4 Å². The summed E-state index contributed by atoms with van der Waals surface area (Å²) >= 11 is 0. The van der Waals surface area contributed by atoms with Crippen molar-refractivity contribution in [3.63, 3.8) is 0 Å². The molecular weight excluding hydrogens is 336 g/mol. The molecule has 0 unspecified atom stereocenters. The van der Waals surface area contributed by atoms with Crippen molar-refractivity contribution < 1.29 is 5.11 Å². The predicted molar refractivity (Wildman–Crippen MR) is 108 cm³/mol. The fourth-order valence-corrected chi connectivity index (χ4v) is 4.09. The van der Waals surface area contributed by atoms with Crippen LogP contribution in [0, 0.1) is 26.7 Å². The van der Waals surface area contributed by atoms with Crippen molar-refractivity contribution in [2.24, 2.45) is 5.92 Å². The molecule has 1 saturated heterocycles. The Balaban J connectivity index is 1.48. The molecule has 4 rings (SSSR count). The molecule has 0 saturated carbocycles. The Kier molecular flexibility index (Phi) is 4.87. The SMILES string of the molecule is Cc1cc(N2CCC([C@@H](O)Cc3ccccc3)CC2)n2nc(C)c(C)c2n1. The van der Waals surface area contributed by atoms with Crippen molar-refractivity contribution in [2.45, 2.75) is 46.1 Å². The molecule has 1 N–H and O–H groups in total. The van der Waals surface area contributed by atoms with Crippen molar-refractivity contribution in [3.05, 3.63) is 58.9 Å². The smallest absolute Gasteiger partial charge is 0.160 e. The first-order valence-electron chi connectivity index (χ1n) is 9.83. The van der Waals surface area contributed by atoms with Crippen molar-refractivity contribution in [2.75, 3.05) is 18.0 Å². The van der Waals surface area contributed by atoms with Gasteiger partial charge in [-0.05, 0) is 51.5 Å². The topological polar surface area (TPSA) is 53.7 Å². The van der Waals surface area contributed by atoms with Crippen LogP contribution in [-0.2, 0) is 6.42 Å². The highest BCUT2D eigenvalue weighted by Crippen LogP contribution is 2.28. The van der Waals surface area contributed by atoms with E-state index in [-0.39, 0.29) is 6.10 Å². The lowest BCUT2D eigenvalue weighted by atomic mass is 9.88. The van der Waals surface area contributed by atoms with Crippen molar-refractivity contribution in [1.29, 1.82) is 0 Å². The molecule has 3 aromatic rings. The average Bonchev–Trinajstić information content (AvgIpc) is 2.96. The van der Waals surface area contributed by atoms with Crippen LogP contribution in [0.4, 0.5) is 5.82 Å². The van der Waals surface area contributed by atoms with Crippen LogP contribution in [0.25, 0.3) is 5.65 Å². The van der Waals surface area contributed by atoms with E-state index in [4.69, 9.17) is 5.10 Å². The van der Waals surface area contributed by atoms with Gasteiger partial charge >= 0.3 is 0 Å². The van der Waals surface area contributed by atoms with Gasteiger partial charge in [-0.3, -0.25) is 0 Å². The maximum atomic E-state index is 10.7. The summed E-state index contributed by atoms with van der Waals surface area (Å²) in [5.41, 5.74) is 5.36. The van der Waals surface area contributed by atoms with Crippen LogP contribution in [0.5, 0.6) is 0 Å². The Morgan fingerprint density at radius 3 is 2.52 bits per heavy atom. The van der Waals surface area contributed by atoms with Gasteiger partial charge in [0.2, 0.25) is 0 Å². The van der Waals surface area contributed by atoms with Gasteiger partial charge in [-0.15, -0.1) is 0 Å². The first-order chi connectivity index (χ1) is 13.0. The molecular formula is C22H28N4O. The monoisotopic (exact) mass is 364 g/mol. The molecule has 0 aliphatic carbocycles. The number of fused-ring (bicyclic) bond motifs is 1. The number of aliphatic hydroxyl groups is 1. The van der Waals surface area contributed by atoms with Gasteiger partial charge in [0, 0.05) is 30.4 Å². The predicted octanol–water partition coefficient (Wildman–Crippen LogP) is 3.47. The molecule has 1 aliphatic heterocycles. The zero-order valence-electron chi connectivity index (χ0n) is 16.4. The summed E-state index contributed by atoms with van der Waals surface area (Å²) in [5.74, 6) is 1.46. The van der Waals surface area contributed by atoms with Gasteiger partial charge < -0.3 is 10.0 Å². The number of nitrogens with zero attached hydrogens (tertiary/aromatic N) is 4. The molecule has 3 heterocycles. The second-order valence-electron chi connectivity index (χ2n) is 7.78. The largest absolute Gasteiger partial charge is 0.392 e. The molecule has 1 aliphatic rings. The first-order valence-corrected chi connectivity index (χ1v) is 9.83. The molecule has 0 spiro atoms. The average molecular weight is 364 g/mol. The lowest BCUT2D eigenvalue weighted by Gasteiger charge is -2.35. The number of hydrogen-bond donors (Lipinski definition) is 1. The minimum absolute atomic E-state index is 0.275. The Labute approximate surface area is 160 Å². The van der Waals surface area contributed by atoms with Gasteiger partial charge in [0.25, 0.3) is 0 Å². The van der Waals surface area contributed by atoms with E-state index in [0.29, 0.717) is 5.92 Å². The van der Waals surface area contributed by atoms with Crippen LogP contribution >= 0.6 is 0 Å². The highest BCUT2D eigenvalue weighted by molar-refractivity contribution is 5.57. The Bertz CT molecular complexity index is 926. The molecule has 2 aromatic heterocycles. The van der Waals surface area contributed by atoms with Crippen molar-refractivity contribution in [3.8, 4) is 0 Å². The zero-order valence-corrected chi connectivity index (χ0v) is 16.4. The third kappa shape index (κ3) is 3.56. The van der Waals surface area contributed by atoms with E-state index in [9.17, 15) is 5.11 Å². The van der Waals surface area contributed by atoms with Crippen LogP contribution in [0.3, 0.4) is 0 Å². The van der Waals surface area contributed by atoms with Gasteiger partial charge in [0.1, 0.15) is 5.82 Å². The van der Waals surface area contributed by atoms with Crippen LogP contribution in [0.2, 0.25) is 0 Å². The number of aliphatic hydroxyl groups excluding tert-OH is 1. The quantitative estimate of drug-likeness (QED) is 0.770. The minimum atomic E-state index is -0.275. The standard InChI is InChI=1S/C22H28N4O/c1-15-13-21(26-22(23-15)16(2)17(3)24-26)25-11-9-19(10-12-25)20(27)14-18-7-5-4-6-8-18/h4-8,13,19-20,27H,9-12,14H2,1-3H3/t20-/m0/s1. The second-order valence-corrected chi connectivity index (χ2v) is 7.78. The van der Waals surface area contributed by atoms with E-state index >= 15 is 0 Å². The number of hydrogen-bond acceptors (Lipinski definition) is 4. The summed E-state index contributed by atoms with van der Waals surface area (Å²) < 4.78 is 1.98. The fourth-order valence-electron chi connectivity index (χ4n) is 4.09. The number of piperidine rings is 1. The van der Waals surface area contributed by atoms with E-state index < -0.39 is 0 Å². The molecule has 1 fully saturated rings. The molecule has 142 valence electrons. The Hall–Kier alpha value is -2.40. The highest BCUT2D eigenvalue weighted by Gasteiger charge is 2.27. The van der Waals surface area contributed by atoms with E-state index in [2.05, 4.69) is 35.0 Å². The summed E-state index contributed by atoms with van der Waals surface area (Å²) in [7, 11) is 0. The summed E-state index contributed by atoms with van der Waals surface area (Å²) in [6.07, 6.45) is 2.45.